The van der Waals surface area contributed by atoms with Crippen molar-refractivity contribution in [3.05, 3.63) is 27.1 Å². The Labute approximate surface area is 91.7 Å². The highest BCUT2D eigenvalue weighted by Gasteiger charge is 2.13. The molecule has 1 atom stereocenters. The van der Waals surface area contributed by atoms with Crippen molar-refractivity contribution >= 4 is 28.7 Å². The van der Waals surface area contributed by atoms with Crippen molar-refractivity contribution in [2.75, 3.05) is 6.54 Å². The molecule has 0 aliphatic carbocycles. The molecule has 0 unspecified atom stereocenters. The molecule has 0 aliphatic rings. The van der Waals surface area contributed by atoms with E-state index in [1.165, 1.54) is 6.07 Å². The lowest BCUT2D eigenvalue weighted by Gasteiger charge is -2.05. The molecule has 1 rings (SSSR count). The van der Waals surface area contributed by atoms with Crippen molar-refractivity contribution in [2.24, 2.45) is 11.5 Å². The van der Waals surface area contributed by atoms with Gasteiger partial charge in [-0.2, -0.15) is 0 Å². The number of nitrogens with two attached hydrogens (primary N) is 2. The Hall–Kier alpha value is -0.690. The average Bonchev–Trinajstić information content (AvgIpc) is 2.52. The third-order valence-corrected chi connectivity index (χ3v) is 2.59. The second kappa shape index (κ2) is 5.92. The third kappa shape index (κ3) is 3.22. The molecular formula is C7H12ClN3O2S. The van der Waals surface area contributed by atoms with Gasteiger partial charge in [0.05, 0.1) is 4.92 Å². The number of nitro groups is 1. The van der Waals surface area contributed by atoms with Crippen LogP contribution in [0.3, 0.4) is 0 Å². The lowest BCUT2D eigenvalue weighted by Crippen LogP contribution is -2.14. The molecule has 4 N–H and O–H groups in total. The summed E-state index contributed by atoms with van der Waals surface area (Å²) in [5.41, 5.74) is 11.8. The second-order valence-electron chi connectivity index (χ2n) is 2.66. The molecule has 0 bridgehead atoms. The zero-order valence-corrected chi connectivity index (χ0v) is 9.01. The molecule has 0 radical (unpaired) electrons. The monoisotopic (exact) mass is 237 g/mol. The first kappa shape index (κ1) is 13.3. The summed E-state index contributed by atoms with van der Waals surface area (Å²) in [4.78, 5) is 9.93. The molecule has 0 amide bonds. The van der Waals surface area contributed by atoms with Gasteiger partial charge in [0.1, 0.15) is 0 Å². The molecule has 0 saturated heterocycles. The van der Waals surface area contributed by atoms with Crippen LogP contribution < -0.4 is 11.5 Å². The van der Waals surface area contributed by atoms with Crippen molar-refractivity contribution in [3.63, 3.8) is 0 Å². The lowest BCUT2D eigenvalue weighted by molar-refractivity contribution is -0.380. The zero-order valence-electron chi connectivity index (χ0n) is 7.38. The minimum absolute atomic E-state index is 0. The molecule has 7 heteroatoms. The summed E-state index contributed by atoms with van der Waals surface area (Å²) in [6, 6.07) is 1.32. The number of hydrogen-bond acceptors (Lipinski definition) is 5. The van der Waals surface area contributed by atoms with Gasteiger partial charge in [0.15, 0.2) is 0 Å². The fourth-order valence-corrected chi connectivity index (χ4v) is 1.77. The van der Waals surface area contributed by atoms with Gasteiger partial charge in [-0.3, -0.25) is 10.1 Å². The van der Waals surface area contributed by atoms with Crippen LogP contribution >= 0.6 is 23.7 Å². The van der Waals surface area contributed by atoms with E-state index in [2.05, 4.69) is 0 Å². The third-order valence-electron chi connectivity index (χ3n) is 1.69. The van der Waals surface area contributed by atoms with E-state index in [-0.39, 0.29) is 23.4 Å². The molecule has 80 valence electrons. The van der Waals surface area contributed by atoms with E-state index in [0.29, 0.717) is 13.0 Å². The van der Waals surface area contributed by atoms with E-state index in [1.807, 2.05) is 0 Å². The van der Waals surface area contributed by atoms with Crippen LogP contribution in [0.15, 0.2) is 11.4 Å². The van der Waals surface area contributed by atoms with Crippen LogP contribution in [-0.2, 0) is 0 Å². The van der Waals surface area contributed by atoms with Gasteiger partial charge < -0.3 is 11.5 Å². The van der Waals surface area contributed by atoms with Gasteiger partial charge in [0, 0.05) is 17.5 Å². The van der Waals surface area contributed by atoms with E-state index in [1.54, 1.807) is 5.38 Å². The van der Waals surface area contributed by atoms with Crippen molar-refractivity contribution in [3.8, 4) is 0 Å². The first-order valence-electron chi connectivity index (χ1n) is 3.83. The fraction of sp³-hybridized carbons (Fsp3) is 0.429. The number of nitrogens with zero attached hydrogens (tertiary/aromatic N) is 1. The largest absolute Gasteiger partial charge is 0.330 e. The highest BCUT2D eigenvalue weighted by molar-refractivity contribution is 7.13. The van der Waals surface area contributed by atoms with Gasteiger partial charge in [-0.15, -0.1) is 12.4 Å². The topological polar surface area (TPSA) is 95.2 Å². The molecule has 0 aliphatic heterocycles. The Morgan fingerprint density at radius 1 is 1.64 bits per heavy atom. The van der Waals surface area contributed by atoms with Gasteiger partial charge in [0.25, 0.3) is 0 Å². The van der Waals surface area contributed by atoms with Crippen molar-refractivity contribution in [1.82, 2.24) is 0 Å². The smallest absolute Gasteiger partial charge is 0.324 e. The van der Waals surface area contributed by atoms with E-state index in [9.17, 15) is 10.1 Å². The summed E-state index contributed by atoms with van der Waals surface area (Å²) in [5.74, 6) is 0. The Morgan fingerprint density at radius 2 is 2.29 bits per heavy atom. The number of thiophene rings is 1. The van der Waals surface area contributed by atoms with Gasteiger partial charge >= 0.3 is 5.00 Å². The Morgan fingerprint density at radius 3 is 2.71 bits per heavy atom. The standard InChI is InChI=1S/C7H11N3O2S.ClH/c8-2-1-6(9)5-3-7(10(11)12)13-4-5;/h3-4,6H,1-2,8-9H2;1H/t6-;/m0./s1. The van der Waals surface area contributed by atoms with Crippen LogP contribution in [0.4, 0.5) is 5.00 Å². The molecular weight excluding hydrogens is 226 g/mol. The van der Waals surface area contributed by atoms with Crippen LogP contribution in [0, 0.1) is 10.1 Å². The molecule has 1 aromatic rings. The minimum Gasteiger partial charge on any atom is -0.330 e. The minimum atomic E-state index is -0.413. The molecule has 0 aromatic carbocycles. The van der Waals surface area contributed by atoms with E-state index in [0.717, 1.165) is 16.9 Å². The Kier molecular flexibility index (Phi) is 5.63. The van der Waals surface area contributed by atoms with Gasteiger partial charge in [-0.25, -0.2) is 0 Å². The van der Waals surface area contributed by atoms with Crippen LogP contribution in [0.25, 0.3) is 0 Å². The molecule has 0 fully saturated rings. The molecule has 1 aromatic heterocycles. The Bertz CT molecular complexity index is 305. The molecule has 5 nitrogen and oxygen atoms in total. The SMILES string of the molecule is Cl.NCC[C@H](N)c1csc([N+](=O)[O-])c1. The first-order valence-corrected chi connectivity index (χ1v) is 4.71. The number of halogens is 1. The Balaban J connectivity index is 0.00000169. The van der Waals surface area contributed by atoms with Gasteiger partial charge in [-0.1, -0.05) is 11.3 Å². The maximum absolute atomic E-state index is 10.3. The van der Waals surface area contributed by atoms with Crippen molar-refractivity contribution in [1.29, 1.82) is 0 Å². The number of hydrogen-bond donors (Lipinski definition) is 2. The van der Waals surface area contributed by atoms with Gasteiger partial charge in [-0.05, 0) is 18.5 Å². The normalized spacial score (nSPS) is 11.9. The number of rotatable bonds is 4. The van der Waals surface area contributed by atoms with Crippen molar-refractivity contribution < 1.29 is 4.92 Å². The summed E-state index contributed by atoms with van der Waals surface area (Å²) in [7, 11) is 0. The summed E-state index contributed by atoms with van der Waals surface area (Å²) in [6.07, 6.45) is 0.647. The maximum Gasteiger partial charge on any atom is 0.324 e. The molecule has 0 spiro atoms. The zero-order chi connectivity index (χ0) is 9.84. The predicted octanol–water partition coefficient (Wildman–Crippen LogP) is 1.43. The summed E-state index contributed by atoms with van der Waals surface area (Å²) in [6.45, 7) is 0.491. The summed E-state index contributed by atoms with van der Waals surface area (Å²) < 4.78 is 0. The lowest BCUT2D eigenvalue weighted by atomic mass is 10.1. The summed E-state index contributed by atoms with van der Waals surface area (Å²) >= 11 is 1.09. The quantitative estimate of drug-likeness (QED) is 0.612. The second-order valence-corrected chi connectivity index (χ2v) is 3.55. The van der Waals surface area contributed by atoms with E-state index >= 15 is 0 Å². The van der Waals surface area contributed by atoms with Gasteiger partial charge in [0.2, 0.25) is 0 Å². The van der Waals surface area contributed by atoms with Crippen LogP contribution in [0.1, 0.15) is 18.0 Å². The highest BCUT2D eigenvalue weighted by atomic mass is 35.5. The molecule has 1 heterocycles. The van der Waals surface area contributed by atoms with Crippen LogP contribution in [-0.4, -0.2) is 11.5 Å². The summed E-state index contributed by atoms with van der Waals surface area (Å²) in [5, 5.41) is 12.2. The molecule has 0 saturated carbocycles. The van der Waals surface area contributed by atoms with Crippen molar-refractivity contribution in [2.45, 2.75) is 12.5 Å². The highest BCUT2D eigenvalue weighted by Crippen LogP contribution is 2.26. The molecule has 14 heavy (non-hydrogen) atoms. The maximum atomic E-state index is 10.3. The van der Waals surface area contributed by atoms with Crippen LogP contribution in [0.5, 0.6) is 0 Å². The first-order chi connectivity index (χ1) is 6.15. The fourth-order valence-electron chi connectivity index (χ4n) is 0.975. The predicted molar refractivity (Wildman–Crippen MR) is 58.8 cm³/mol. The average molecular weight is 238 g/mol. The van der Waals surface area contributed by atoms with E-state index < -0.39 is 4.92 Å². The van der Waals surface area contributed by atoms with Crippen LogP contribution in [0.2, 0.25) is 0 Å². The van der Waals surface area contributed by atoms with E-state index in [4.69, 9.17) is 11.5 Å².